The van der Waals surface area contributed by atoms with Crippen LogP contribution in [0.15, 0.2) is 45.9 Å². The van der Waals surface area contributed by atoms with E-state index in [4.69, 9.17) is 23.2 Å². The van der Waals surface area contributed by atoms with Crippen molar-refractivity contribution in [1.29, 1.82) is 0 Å². The summed E-state index contributed by atoms with van der Waals surface area (Å²) in [7, 11) is 1.32. The number of carbonyl (C=O) groups is 2. The second-order valence-electron chi connectivity index (χ2n) is 6.55. The second kappa shape index (κ2) is 9.92. The number of hydrogen-bond acceptors (Lipinski definition) is 4. The molecule has 32 heavy (non-hydrogen) atoms. The normalized spacial score (nSPS) is 16.8. The number of amidine groups is 1. The number of hydrogen-bond donors (Lipinski definition) is 1. The van der Waals surface area contributed by atoms with Gasteiger partial charge in [0.2, 0.25) is 5.84 Å². The zero-order valence-corrected chi connectivity index (χ0v) is 22.3. The highest BCUT2D eigenvalue weighted by molar-refractivity contribution is 9.25. The Hall–Kier alpha value is -1.27. The number of carbonyl (C=O) groups excluding carboxylic acids is 2. The zero-order chi connectivity index (χ0) is 23.8. The minimum Gasteiger partial charge on any atom is -0.359 e. The molecule has 0 aromatic heterocycles. The topological polar surface area (TPSA) is 65.0 Å². The highest BCUT2D eigenvalue weighted by atomic mass is 79.9. The molecule has 0 bridgehead atoms. The monoisotopic (exact) mass is 674 g/mol. The fraction of sp³-hybridized carbons (Fsp3) is 0.211. The molecule has 1 fully saturated rings. The van der Waals surface area contributed by atoms with Crippen molar-refractivity contribution in [3.8, 4) is 0 Å². The Bertz CT molecular complexity index is 1120. The van der Waals surface area contributed by atoms with E-state index in [0.717, 1.165) is 11.0 Å². The van der Waals surface area contributed by atoms with Gasteiger partial charge >= 0.3 is 11.9 Å². The van der Waals surface area contributed by atoms with E-state index in [0.29, 0.717) is 4.90 Å². The molecule has 0 aliphatic carbocycles. The highest BCUT2D eigenvalue weighted by Gasteiger charge is 2.44. The van der Waals surface area contributed by atoms with Crippen LogP contribution >= 0.6 is 71.0 Å². The summed E-state index contributed by atoms with van der Waals surface area (Å²) in [4.78, 5) is 31.7. The first kappa shape index (κ1) is 25.4. The number of nitrogens with one attached hydrogen (secondary N) is 1. The third-order valence-electron chi connectivity index (χ3n) is 4.44. The van der Waals surface area contributed by atoms with Crippen LogP contribution in [0, 0.1) is 11.6 Å². The van der Waals surface area contributed by atoms with Gasteiger partial charge in [0, 0.05) is 7.05 Å². The number of urea groups is 1. The summed E-state index contributed by atoms with van der Waals surface area (Å²) >= 11 is 21.7. The fourth-order valence-electron chi connectivity index (χ4n) is 2.77. The number of nitrogens with zero attached hydrogens (tertiary/aromatic N) is 3. The van der Waals surface area contributed by atoms with E-state index in [1.165, 1.54) is 37.4 Å². The molecule has 3 amide bonds. The van der Waals surface area contributed by atoms with E-state index in [1.54, 1.807) is 0 Å². The molecular formula is C19H13Br3Cl2F2N4O2. The Kier molecular flexibility index (Phi) is 7.86. The molecule has 2 aromatic carbocycles. The van der Waals surface area contributed by atoms with Crippen LogP contribution in [0.1, 0.15) is 0 Å². The lowest BCUT2D eigenvalue weighted by Gasteiger charge is -2.28. The van der Waals surface area contributed by atoms with Crippen molar-refractivity contribution in [2.45, 2.75) is 9.40 Å². The predicted molar refractivity (Wildman–Crippen MR) is 132 cm³/mol. The summed E-state index contributed by atoms with van der Waals surface area (Å²) in [6.45, 7) is 0. The minimum absolute atomic E-state index is 0.00871. The van der Waals surface area contributed by atoms with Gasteiger partial charge in [0.1, 0.15) is 15.2 Å². The third kappa shape index (κ3) is 4.82. The molecule has 1 unspecified atom stereocenters. The lowest BCUT2D eigenvalue weighted by atomic mass is 10.2. The van der Waals surface area contributed by atoms with Gasteiger partial charge in [-0.1, -0.05) is 55.6 Å². The molecule has 1 heterocycles. The van der Waals surface area contributed by atoms with Gasteiger partial charge < -0.3 is 5.32 Å². The van der Waals surface area contributed by atoms with Crippen LogP contribution in [-0.2, 0) is 4.79 Å². The molecule has 1 N–H and O–H groups in total. The number of para-hydroxylation sites is 1. The molecule has 1 atom stereocenters. The Labute approximate surface area is 217 Å². The maximum atomic E-state index is 14.7. The van der Waals surface area contributed by atoms with Crippen LogP contribution in [0.5, 0.6) is 0 Å². The number of aliphatic imine (C=N–C) groups is 1. The van der Waals surface area contributed by atoms with Gasteiger partial charge in [-0.2, -0.15) is 0 Å². The summed E-state index contributed by atoms with van der Waals surface area (Å²) in [5.41, 5.74) is -0.201. The minimum atomic E-state index is -1.15. The van der Waals surface area contributed by atoms with Crippen molar-refractivity contribution >= 4 is 100 Å². The molecule has 13 heteroatoms. The molecule has 2 aromatic rings. The van der Waals surface area contributed by atoms with Crippen molar-refractivity contribution in [1.82, 2.24) is 4.90 Å². The lowest BCUT2D eigenvalue weighted by molar-refractivity contribution is -0.111. The second-order valence-corrected chi connectivity index (χ2v) is 11.9. The van der Waals surface area contributed by atoms with E-state index < -0.39 is 33.0 Å². The molecule has 1 aliphatic rings. The number of amides is 3. The maximum Gasteiger partial charge on any atom is 0.337 e. The van der Waals surface area contributed by atoms with Crippen LogP contribution in [0.25, 0.3) is 0 Å². The average Bonchev–Trinajstić information content (AvgIpc) is 2.96. The Morgan fingerprint density at radius 1 is 1.19 bits per heavy atom. The Balaban J connectivity index is 2.04. The summed E-state index contributed by atoms with van der Waals surface area (Å²) in [6, 6.07) is 7.42. The van der Waals surface area contributed by atoms with Crippen LogP contribution in [0.2, 0.25) is 5.02 Å². The molecule has 6 nitrogen and oxygen atoms in total. The van der Waals surface area contributed by atoms with Crippen molar-refractivity contribution in [3.05, 3.63) is 57.5 Å². The van der Waals surface area contributed by atoms with Crippen LogP contribution < -0.4 is 10.2 Å². The maximum absolute atomic E-state index is 14.7. The quantitative estimate of drug-likeness (QED) is 0.221. The molecule has 170 valence electrons. The molecule has 3 rings (SSSR count). The number of imide groups is 1. The predicted octanol–water partition coefficient (Wildman–Crippen LogP) is 6.34. The first-order chi connectivity index (χ1) is 15.0. The van der Waals surface area contributed by atoms with Gasteiger partial charge in [-0.25, -0.2) is 23.5 Å². The molecule has 1 aliphatic heterocycles. The summed E-state index contributed by atoms with van der Waals surface area (Å²) in [5.74, 6) is -2.65. The average molecular weight is 678 g/mol. The SMILES string of the molecule is CN1C(=O)N(c2ccccc2F)C(=O)C1=NC(Nc1ccc(Cl)c(Br)c1F)C(Br)(Br)CCl. The number of benzene rings is 2. The first-order valence-corrected chi connectivity index (χ1v) is 12.1. The number of likely N-dealkylation sites (N-methyl/N-ethyl adjacent to an activating group) is 1. The number of anilines is 2. The highest BCUT2D eigenvalue weighted by Crippen LogP contribution is 2.37. The van der Waals surface area contributed by atoms with Crippen molar-refractivity contribution < 1.29 is 18.4 Å². The molecule has 0 saturated carbocycles. The third-order valence-corrected chi connectivity index (χ3v) is 8.25. The van der Waals surface area contributed by atoms with Gasteiger partial charge in [-0.05, 0) is 40.2 Å². The van der Waals surface area contributed by atoms with Crippen LogP contribution in [0.3, 0.4) is 0 Å². The van der Waals surface area contributed by atoms with Gasteiger partial charge in [-0.3, -0.25) is 9.69 Å². The summed E-state index contributed by atoms with van der Waals surface area (Å²) in [6.07, 6.45) is -1.09. The van der Waals surface area contributed by atoms with Gasteiger partial charge in [0.15, 0.2) is 5.82 Å². The van der Waals surface area contributed by atoms with Gasteiger partial charge in [-0.15, -0.1) is 11.6 Å². The fourth-order valence-corrected chi connectivity index (χ4v) is 3.84. The number of halogens is 7. The number of rotatable bonds is 6. The van der Waals surface area contributed by atoms with Crippen molar-refractivity contribution in [2.24, 2.45) is 4.99 Å². The zero-order valence-electron chi connectivity index (χ0n) is 16.1. The smallest absolute Gasteiger partial charge is 0.337 e. The van der Waals surface area contributed by atoms with Crippen LogP contribution in [-0.4, -0.2) is 45.0 Å². The lowest BCUT2D eigenvalue weighted by Crippen LogP contribution is -2.40. The van der Waals surface area contributed by atoms with E-state index in [-0.39, 0.29) is 32.6 Å². The summed E-state index contributed by atoms with van der Waals surface area (Å²) in [5, 5.41) is 3.00. The molecular weight excluding hydrogens is 665 g/mol. The van der Waals surface area contributed by atoms with E-state index in [1.807, 2.05) is 0 Å². The largest absolute Gasteiger partial charge is 0.359 e. The van der Waals surface area contributed by atoms with E-state index >= 15 is 0 Å². The van der Waals surface area contributed by atoms with Crippen molar-refractivity contribution in [3.63, 3.8) is 0 Å². The van der Waals surface area contributed by atoms with Crippen molar-refractivity contribution in [2.75, 3.05) is 23.1 Å². The number of alkyl halides is 3. The van der Waals surface area contributed by atoms with E-state index in [9.17, 15) is 18.4 Å². The molecule has 0 radical (unpaired) electrons. The standard InChI is InChI=1S/C19H13Br3Cl2F2N4O2/c1-29-15(16(31)30(18(29)32)12-5-3-2-4-10(12)25)28-17(19(21,22)8-23)27-11-7-6-9(24)13(20)14(11)26/h2-7,17,27H,8H2,1H3. The van der Waals surface area contributed by atoms with E-state index in [2.05, 4.69) is 58.1 Å². The Morgan fingerprint density at radius 3 is 2.47 bits per heavy atom. The first-order valence-electron chi connectivity index (χ1n) is 8.78. The summed E-state index contributed by atoms with van der Waals surface area (Å²) < 4.78 is 27.8. The Morgan fingerprint density at radius 2 is 1.84 bits per heavy atom. The van der Waals surface area contributed by atoms with Gasteiger partial charge in [0.25, 0.3) is 0 Å². The van der Waals surface area contributed by atoms with Gasteiger partial charge in [0.05, 0.1) is 26.8 Å². The molecule has 1 saturated heterocycles. The molecule has 0 spiro atoms. The van der Waals surface area contributed by atoms with Crippen LogP contribution in [0.4, 0.5) is 25.0 Å².